The number of halogens is 2. The van der Waals surface area contributed by atoms with Crippen molar-refractivity contribution in [3.63, 3.8) is 0 Å². The van der Waals surface area contributed by atoms with Crippen LogP contribution in [-0.4, -0.2) is 32.3 Å². The minimum atomic E-state index is -0.334. The van der Waals surface area contributed by atoms with E-state index in [1.54, 1.807) is 12.1 Å². The Morgan fingerprint density at radius 2 is 1.94 bits per heavy atom. The Labute approximate surface area is 194 Å². The van der Waals surface area contributed by atoms with Gasteiger partial charge in [-0.1, -0.05) is 47.1 Å². The highest BCUT2D eigenvalue weighted by atomic mass is 35.5. The normalized spacial score (nSPS) is 10.7. The van der Waals surface area contributed by atoms with Crippen molar-refractivity contribution in [1.29, 1.82) is 0 Å². The lowest BCUT2D eigenvalue weighted by atomic mass is 10.2. The SMILES string of the molecule is CCn1c(CNC(=O)c2ccc(Cl)cc2Cl)nnc1SCC(=O)Nc1cccc(C)c1. The standard InChI is InChI=1S/C21H21Cl2N5O2S/c1-3-28-18(11-24-20(30)16-8-7-14(22)10-17(16)23)26-27-21(28)31-12-19(29)25-15-6-4-5-13(2)9-15/h4-10H,3,11-12H2,1-2H3,(H,24,30)(H,25,29). The van der Waals surface area contributed by atoms with E-state index in [0.717, 1.165) is 11.3 Å². The van der Waals surface area contributed by atoms with Crippen LogP contribution >= 0.6 is 35.0 Å². The highest BCUT2D eigenvalue weighted by Gasteiger charge is 2.16. The van der Waals surface area contributed by atoms with Crippen molar-refractivity contribution in [1.82, 2.24) is 20.1 Å². The summed E-state index contributed by atoms with van der Waals surface area (Å²) >= 11 is 13.2. The molecule has 31 heavy (non-hydrogen) atoms. The van der Waals surface area contributed by atoms with E-state index in [1.807, 2.05) is 42.7 Å². The van der Waals surface area contributed by atoms with Crippen LogP contribution in [0.25, 0.3) is 0 Å². The summed E-state index contributed by atoms with van der Waals surface area (Å²) in [5.41, 5.74) is 2.16. The molecule has 0 aliphatic carbocycles. The Balaban J connectivity index is 1.58. The maximum absolute atomic E-state index is 12.4. The van der Waals surface area contributed by atoms with Gasteiger partial charge in [-0.05, 0) is 49.7 Å². The molecule has 1 heterocycles. The lowest BCUT2D eigenvalue weighted by Crippen LogP contribution is -2.25. The molecule has 0 bridgehead atoms. The number of rotatable bonds is 8. The first-order chi connectivity index (χ1) is 14.9. The molecule has 2 amide bonds. The molecule has 3 rings (SSSR count). The fourth-order valence-corrected chi connectivity index (χ4v) is 4.17. The van der Waals surface area contributed by atoms with E-state index >= 15 is 0 Å². The molecule has 0 aliphatic heterocycles. The van der Waals surface area contributed by atoms with Crippen molar-refractivity contribution in [2.75, 3.05) is 11.1 Å². The van der Waals surface area contributed by atoms with Gasteiger partial charge in [-0.2, -0.15) is 0 Å². The summed E-state index contributed by atoms with van der Waals surface area (Å²) in [6.07, 6.45) is 0. The van der Waals surface area contributed by atoms with E-state index in [1.165, 1.54) is 17.8 Å². The predicted octanol–water partition coefficient (Wildman–Crippen LogP) is 4.57. The molecular weight excluding hydrogens is 457 g/mol. The van der Waals surface area contributed by atoms with Crippen LogP contribution in [0.2, 0.25) is 10.0 Å². The zero-order valence-corrected chi connectivity index (χ0v) is 19.3. The van der Waals surface area contributed by atoms with Crippen LogP contribution in [0, 0.1) is 6.92 Å². The number of anilines is 1. The molecule has 0 saturated heterocycles. The van der Waals surface area contributed by atoms with Gasteiger partial charge in [0.05, 0.1) is 22.9 Å². The van der Waals surface area contributed by atoms with Crippen molar-refractivity contribution in [2.24, 2.45) is 0 Å². The number of benzene rings is 2. The molecule has 1 aromatic heterocycles. The molecule has 0 aliphatic rings. The van der Waals surface area contributed by atoms with Crippen LogP contribution in [0.15, 0.2) is 47.6 Å². The molecule has 10 heteroatoms. The second-order valence-electron chi connectivity index (χ2n) is 6.66. The number of hydrogen-bond acceptors (Lipinski definition) is 5. The van der Waals surface area contributed by atoms with E-state index in [9.17, 15) is 9.59 Å². The smallest absolute Gasteiger partial charge is 0.253 e. The van der Waals surface area contributed by atoms with Crippen LogP contribution in [-0.2, 0) is 17.9 Å². The highest BCUT2D eigenvalue weighted by Crippen LogP contribution is 2.21. The Bertz CT molecular complexity index is 1100. The Morgan fingerprint density at radius 3 is 2.65 bits per heavy atom. The molecule has 2 N–H and O–H groups in total. The van der Waals surface area contributed by atoms with Gasteiger partial charge >= 0.3 is 0 Å². The van der Waals surface area contributed by atoms with Crippen LogP contribution in [0.4, 0.5) is 5.69 Å². The Kier molecular flexibility index (Phi) is 7.95. The third-order valence-electron chi connectivity index (χ3n) is 4.33. The fraction of sp³-hybridized carbons (Fsp3) is 0.238. The summed E-state index contributed by atoms with van der Waals surface area (Å²) in [4.78, 5) is 24.7. The summed E-state index contributed by atoms with van der Waals surface area (Å²) in [5.74, 6) is 0.314. The Hall–Kier alpha value is -2.55. The summed E-state index contributed by atoms with van der Waals surface area (Å²) in [6.45, 7) is 4.69. The van der Waals surface area contributed by atoms with Crippen LogP contribution < -0.4 is 10.6 Å². The van der Waals surface area contributed by atoms with Crippen molar-refractivity contribution >= 4 is 52.5 Å². The van der Waals surface area contributed by atoms with Crippen molar-refractivity contribution < 1.29 is 9.59 Å². The van der Waals surface area contributed by atoms with Gasteiger partial charge in [0, 0.05) is 17.3 Å². The molecule has 3 aromatic rings. The number of carbonyl (C=O) groups excluding carboxylic acids is 2. The second-order valence-corrected chi connectivity index (χ2v) is 8.44. The highest BCUT2D eigenvalue weighted by molar-refractivity contribution is 7.99. The first-order valence-electron chi connectivity index (χ1n) is 9.52. The number of thioether (sulfide) groups is 1. The van der Waals surface area contributed by atoms with E-state index in [0.29, 0.717) is 28.1 Å². The maximum Gasteiger partial charge on any atom is 0.253 e. The summed E-state index contributed by atoms with van der Waals surface area (Å²) < 4.78 is 1.86. The molecule has 162 valence electrons. The van der Waals surface area contributed by atoms with E-state index in [4.69, 9.17) is 23.2 Å². The maximum atomic E-state index is 12.4. The lowest BCUT2D eigenvalue weighted by molar-refractivity contribution is -0.113. The van der Waals surface area contributed by atoms with E-state index in [-0.39, 0.29) is 29.1 Å². The molecule has 0 fully saturated rings. The van der Waals surface area contributed by atoms with Gasteiger partial charge in [0.25, 0.3) is 5.91 Å². The zero-order valence-electron chi connectivity index (χ0n) is 17.0. The van der Waals surface area contributed by atoms with Gasteiger partial charge in [0.2, 0.25) is 5.91 Å². The quantitative estimate of drug-likeness (QED) is 0.463. The number of hydrogen-bond donors (Lipinski definition) is 2. The monoisotopic (exact) mass is 477 g/mol. The zero-order chi connectivity index (χ0) is 22.4. The largest absolute Gasteiger partial charge is 0.345 e. The molecule has 2 aromatic carbocycles. The van der Waals surface area contributed by atoms with Gasteiger partial charge in [-0.3, -0.25) is 9.59 Å². The number of aromatic nitrogens is 3. The summed E-state index contributed by atoms with van der Waals surface area (Å²) in [5, 5.41) is 15.3. The van der Waals surface area contributed by atoms with Gasteiger partial charge < -0.3 is 15.2 Å². The minimum Gasteiger partial charge on any atom is -0.345 e. The van der Waals surface area contributed by atoms with Crippen LogP contribution in [0.3, 0.4) is 0 Å². The number of carbonyl (C=O) groups is 2. The molecule has 0 spiro atoms. The average molecular weight is 478 g/mol. The van der Waals surface area contributed by atoms with Crippen LogP contribution in [0.5, 0.6) is 0 Å². The van der Waals surface area contributed by atoms with Gasteiger partial charge in [-0.15, -0.1) is 10.2 Å². The first kappa shape index (κ1) is 23.1. The number of amides is 2. The second kappa shape index (κ2) is 10.7. The molecule has 0 atom stereocenters. The molecule has 7 nitrogen and oxygen atoms in total. The van der Waals surface area contributed by atoms with Crippen molar-refractivity contribution in [3.8, 4) is 0 Å². The molecule has 0 saturated carbocycles. The average Bonchev–Trinajstić information content (AvgIpc) is 3.12. The first-order valence-corrected chi connectivity index (χ1v) is 11.3. The summed E-state index contributed by atoms with van der Waals surface area (Å²) in [6, 6.07) is 12.3. The van der Waals surface area contributed by atoms with Gasteiger partial charge in [-0.25, -0.2) is 0 Å². The predicted molar refractivity (Wildman–Crippen MR) is 124 cm³/mol. The van der Waals surface area contributed by atoms with Gasteiger partial charge in [0.15, 0.2) is 11.0 Å². The minimum absolute atomic E-state index is 0.131. The van der Waals surface area contributed by atoms with Crippen LogP contribution in [0.1, 0.15) is 28.7 Å². The summed E-state index contributed by atoms with van der Waals surface area (Å²) in [7, 11) is 0. The Morgan fingerprint density at radius 1 is 1.13 bits per heavy atom. The lowest BCUT2D eigenvalue weighted by Gasteiger charge is -2.09. The number of nitrogens with zero attached hydrogens (tertiary/aromatic N) is 3. The molecule has 0 unspecified atom stereocenters. The topological polar surface area (TPSA) is 88.9 Å². The van der Waals surface area contributed by atoms with Gasteiger partial charge in [0.1, 0.15) is 0 Å². The van der Waals surface area contributed by atoms with E-state index in [2.05, 4.69) is 20.8 Å². The molecule has 0 radical (unpaired) electrons. The third kappa shape index (κ3) is 6.22. The number of nitrogens with one attached hydrogen (secondary N) is 2. The van der Waals surface area contributed by atoms with E-state index < -0.39 is 0 Å². The van der Waals surface area contributed by atoms with Crippen molar-refractivity contribution in [2.45, 2.75) is 32.1 Å². The number of aryl methyl sites for hydroxylation is 1. The molecular formula is C21H21Cl2N5O2S. The fourth-order valence-electron chi connectivity index (χ4n) is 2.85. The third-order valence-corrected chi connectivity index (χ3v) is 5.84. The van der Waals surface area contributed by atoms with Crippen molar-refractivity contribution in [3.05, 3.63) is 69.5 Å².